The van der Waals surface area contributed by atoms with E-state index < -0.39 is 0 Å². The predicted molar refractivity (Wildman–Crippen MR) is 70.6 cm³/mol. The van der Waals surface area contributed by atoms with Gasteiger partial charge in [-0.3, -0.25) is 5.43 Å². The molecular weight excluding hydrogens is 272 g/mol. The molecule has 0 bridgehead atoms. The Morgan fingerprint density at radius 2 is 2.06 bits per heavy atom. The molecule has 2 N–H and O–H groups in total. The highest BCUT2D eigenvalue weighted by molar-refractivity contribution is 8.02. The van der Waals surface area contributed by atoms with Crippen molar-refractivity contribution in [1.82, 2.24) is 14.9 Å². The van der Waals surface area contributed by atoms with Crippen molar-refractivity contribution in [1.29, 1.82) is 0 Å². The third-order valence-corrected chi connectivity index (χ3v) is 3.59. The molecule has 7 heteroatoms. The molecule has 0 unspecified atom stereocenters. The summed E-state index contributed by atoms with van der Waals surface area (Å²) in [7, 11) is 0. The molecule has 1 aliphatic rings. The monoisotopic (exact) mass is 280 g/mol. The lowest BCUT2D eigenvalue weighted by atomic mass is 10.2. The molecule has 0 spiro atoms. The number of aromatic nitrogens is 3. The van der Waals surface area contributed by atoms with Crippen LogP contribution in [0.1, 0.15) is 11.4 Å². The summed E-state index contributed by atoms with van der Waals surface area (Å²) in [6.45, 7) is -0.158. The van der Waals surface area contributed by atoms with Crippen LogP contribution in [-0.2, 0) is 6.61 Å². The second kappa shape index (κ2) is 4.64. The SMILES string of the molecule is OCc1nnc2n1NC(c1ccc(Cl)cc1)=CS2. The summed E-state index contributed by atoms with van der Waals surface area (Å²) < 4.78 is 1.68. The first-order valence-corrected chi connectivity index (χ1v) is 6.48. The van der Waals surface area contributed by atoms with Crippen LogP contribution in [0.5, 0.6) is 0 Å². The van der Waals surface area contributed by atoms with Crippen molar-refractivity contribution < 1.29 is 5.11 Å². The van der Waals surface area contributed by atoms with Crippen LogP contribution in [0.25, 0.3) is 5.70 Å². The fraction of sp³-hybridized carbons (Fsp3) is 0.0909. The molecule has 3 rings (SSSR count). The maximum atomic E-state index is 9.17. The van der Waals surface area contributed by atoms with Gasteiger partial charge in [0.2, 0.25) is 5.16 Å². The summed E-state index contributed by atoms with van der Waals surface area (Å²) in [6, 6.07) is 7.52. The molecule has 0 aliphatic carbocycles. The number of benzene rings is 1. The van der Waals surface area contributed by atoms with Gasteiger partial charge in [0, 0.05) is 16.0 Å². The molecule has 0 amide bonds. The summed E-state index contributed by atoms with van der Waals surface area (Å²) in [5.74, 6) is 0.483. The Hall–Kier alpha value is -1.50. The Bertz CT molecular complexity index is 608. The van der Waals surface area contributed by atoms with Crippen molar-refractivity contribution in [2.24, 2.45) is 0 Å². The summed E-state index contributed by atoms with van der Waals surface area (Å²) in [5.41, 5.74) is 5.09. The fourth-order valence-electron chi connectivity index (χ4n) is 1.61. The van der Waals surface area contributed by atoms with Gasteiger partial charge in [-0.15, -0.1) is 10.2 Å². The van der Waals surface area contributed by atoms with Gasteiger partial charge in [-0.05, 0) is 12.1 Å². The number of nitrogens with one attached hydrogen (secondary N) is 1. The van der Waals surface area contributed by atoms with E-state index in [9.17, 15) is 0 Å². The molecular formula is C11H9ClN4OS. The average Bonchev–Trinajstić information content (AvgIpc) is 2.81. The van der Waals surface area contributed by atoms with E-state index in [0.29, 0.717) is 16.0 Å². The molecule has 92 valence electrons. The summed E-state index contributed by atoms with van der Waals surface area (Å²) in [6.07, 6.45) is 0. The standard InChI is InChI=1S/C11H9ClN4OS/c12-8-3-1-7(2-4-8)9-6-18-11-14-13-10(5-17)16(11)15-9/h1-4,6,15,17H,5H2. The predicted octanol–water partition coefficient (Wildman–Crippen LogP) is 2.07. The van der Waals surface area contributed by atoms with Crippen LogP contribution in [0.2, 0.25) is 5.02 Å². The molecule has 0 saturated carbocycles. The minimum Gasteiger partial charge on any atom is -0.388 e. The van der Waals surface area contributed by atoms with Crippen LogP contribution in [0.15, 0.2) is 34.8 Å². The van der Waals surface area contributed by atoms with Gasteiger partial charge in [-0.2, -0.15) is 0 Å². The second-order valence-electron chi connectivity index (χ2n) is 3.66. The third kappa shape index (κ3) is 1.98. The summed E-state index contributed by atoms with van der Waals surface area (Å²) in [4.78, 5) is 0. The number of halogens is 1. The number of aliphatic hydroxyl groups excluding tert-OH is 1. The number of thioether (sulfide) groups is 1. The molecule has 0 atom stereocenters. The van der Waals surface area contributed by atoms with Crippen LogP contribution in [0, 0.1) is 0 Å². The van der Waals surface area contributed by atoms with Crippen molar-refractivity contribution in [2.45, 2.75) is 11.8 Å². The summed E-state index contributed by atoms with van der Waals surface area (Å²) in [5, 5.41) is 20.4. The first kappa shape index (κ1) is 11.6. The van der Waals surface area contributed by atoms with E-state index in [-0.39, 0.29) is 6.61 Å². The first-order chi connectivity index (χ1) is 8.78. The van der Waals surface area contributed by atoms with Gasteiger partial charge in [-0.25, -0.2) is 4.68 Å². The van der Waals surface area contributed by atoms with Crippen LogP contribution < -0.4 is 5.43 Å². The second-order valence-corrected chi connectivity index (χ2v) is 4.93. The van der Waals surface area contributed by atoms with Crippen LogP contribution >= 0.6 is 23.4 Å². The number of nitrogens with zero attached hydrogens (tertiary/aromatic N) is 3. The third-order valence-electron chi connectivity index (χ3n) is 2.51. The van der Waals surface area contributed by atoms with Crippen LogP contribution in [0.3, 0.4) is 0 Å². The molecule has 5 nitrogen and oxygen atoms in total. The summed E-state index contributed by atoms with van der Waals surface area (Å²) >= 11 is 7.31. The molecule has 1 aromatic heterocycles. The minimum atomic E-state index is -0.158. The van der Waals surface area contributed by atoms with Crippen LogP contribution in [-0.4, -0.2) is 20.0 Å². The van der Waals surface area contributed by atoms with E-state index in [1.54, 1.807) is 4.68 Å². The molecule has 1 aliphatic heterocycles. The van der Waals surface area contributed by atoms with Gasteiger partial charge in [0.25, 0.3) is 0 Å². The van der Waals surface area contributed by atoms with Crippen molar-refractivity contribution >= 4 is 29.1 Å². The van der Waals surface area contributed by atoms with E-state index in [1.807, 2.05) is 29.7 Å². The Morgan fingerprint density at radius 1 is 1.28 bits per heavy atom. The molecule has 0 radical (unpaired) electrons. The number of rotatable bonds is 2. The van der Waals surface area contributed by atoms with Gasteiger partial charge in [0.15, 0.2) is 5.82 Å². The molecule has 2 heterocycles. The van der Waals surface area contributed by atoms with Gasteiger partial charge in [0.05, 0.1) is 5.70 Å². The molecule has 18 heavy (non-hydrogen) atoms. The Kier molecular flexibility index (Phi) is 2.99. The maximum Gasteiger partial charge on any atom is 0.214 e. The van der Waals surface area contributed by atoms with Gasteiger partial charge < -0.3 is 5.11 Å². The quantitative estimate of drug-likeness (QED) is 0.882. The van der Waals surface area contributed by atoms with Crippen molar-refractivity contribution in [3.63, 3.8) is 0 Å². The lowest BCUT2D eigenvalue weighted by Crippen LogP contribution is -2.19. The van der Waals surface area contributed by atoms with E-state index in [2.05, 4.69) is 15.6 Å². The zero-order chi connectivity index (χ0) is 12.5. The zero-order valence-electron chi connectivity index (χ0n) is 9.17. The highest BCUT2D eigenvalue weighted by Crippen LogP contribution is 2.28. The van der Waals surface area contributed by atoms with E-state index >= 15 is 0 Å². The van der Waals surface area contributed by atoms with Crippen molar-refractivity contribution in [2.75, 3.05) is 5.43 Å². The zero-order valence-corrected chi connectivity index (χ0v) is 10.7. The lowest BCUT2D eigenvalue weighted by Gasteiger charge is -2.18. The fourth-order valence-corrected chi connectivity index (χ4v) is 2.49. The number of aliphatic hydroxyl groups is 1. The normalized spacial score (nSPS) is 13.8. The number of hydrogen-bond donors (Lipinski definition) is 2. The highest BCUT2D eigenvalue weighted by atomic mass is 35.5. The number of hydrogen-bond acceptors (Lipinski definition) is 5. The van der Waals surface area contributed by atoms with Crippen molar-refractivity contribution in [3.8, 4) is 0 Å². The minimum absolute atomic E-state index is 0.158. The van der Waals surface area contributed by atoms with E-state index in [1.165, 1.54) is 11.8 Å². The Morgan fingerprint density at radius 3 is 2.78 bits per heavy atom. The number of fused-ring (bicyclic) bond motifs is 1. The van der Waals surface area contributed by atoms with Crippen molar-refractivity contribution in [3.05, 3.63) is 46.1 Å². The molecule has 0 saturated heterocycles. The van der Waals surface area contributed by atoms with Crippen LogP contribution in [0.4, 0.5) is 0 Å². The largest absolute Gasteiger partial charge is 0.388 e. The highest BCUT2D eigenvalue weighted by Gasteiger charge is 2.17. The Balaban J connectivity index is 1.92. The Labute approximate surface area is 112 Å². The first-order valence-electron chi connectivity index (χ1n) is 5.23. The van der Waals surface area contributed by atoms with Gasteiger partial charge in [-0.1, -0.05) is 35.5 Å². The smallest absolute Gasteiger partial charge is 0.214 e. The van der Waals surface area contributed by atoms with Gasteiger partial charge >= 0.3 is 0 Å². The maximum absolute atomic E-state index is 9.17. The molecule has 2 aromatic rings. The van der Waals surface area contributed by atoms with E-state index in [0.717, 1.165) is 11.3 Å². The topological polar surface area (TPSA) is 63.0 Å². The van der Waals surface area contributed by atoms with Gasteiger partial charge in [0.1, 0.15) is 6.61 Å². The molecule has 0 fully saturated rings. The lowest BCUT2D eigenvalue weighted by molar-refractivity contribution is 0.267. The molecule has 1 aromatic carbocycles. The van der Waals surface area contributed by atoms with E-state index in [4.69, 9.17) is 16.7 Å². The average molecular weight is 281 g/mol.